The highest BCUT2D eigenvalue weighted by Gasteiger charge is 2.17. The number of nitrogens with one attached hydrogen (secondary N) is 1. The Morgan fingerprint density at radius 2 is 1.97 bits per heavy atom. The molecule has 164 valence electrons. The quantitative estimate of drug-likeness (QED) is 0.482. The third kappa shape index (κ3) is 6.01. The Kier molecular flexibility index (Phi) is 7.57. The molecule has 7 nitrogen and oxygen atoms in total. The molecule has 1 N–H and O–H groups in total. The average Bonchev–Trinajstić information content (AvgIpc) is 3.15. The van der Waals surface area contributed by atoms with Crippen LogP contribution < -0.4 is 14.8 Å². The Morgan fingerprint density at radius 3 is 2.68 bits per heavy atom. The lowest BCUT2D eigenvalue weighted by atomic mass is 10.1. The molecule has 0 aliphatic rings. The van der Waals surface area contributed by atoms with Gasteiger partial charge in [0.15, 0.2) is 11.0 Å². The number of nitrogens with zero attached hydrogens (tertiary/aromatic N) is 3. The molecular formula is C23H28N4O3S. The number of rotatable bonds is 9. The van der Waals surface area contributed by atoms with Crippen LogP contribution in [0.5, 0.6) is 11.5 Å². The largest absolute Gasteiger partial charge is 0.497 e. The van der Waals surface area contributed by atoms with Gasteiger partial charge in [0.05, 0.1) is 12.9 Å². The number of amides is 1. The first-order valence-electron chi connectivity index (χ1n) is 10.1. The summed E-state index contributed by atoms with van der Waals surface area (Å²) < 4.78 is 13.2. The number of thioether (sulfide) groups is 1. The summed E-state index contributed by atoms with van der Waals surface area (Å²) in [5, 5.41) is 12.2. The number of methoxy groups -OCH3 is 1. The molecular weight excluding hydrogens is 412 g/mol. The number of carbonyl (C=O) groups is 1. The highest BCUT2D eigenvalue weighted by atomic mass is 32.2. The Morgan fingerprint density at radius 1 is 1.16 bits per heavy atom. The highest BCUT2D eigenvalue weighted by molar-refractivity contribution is 7.99. The second-order valence-corrected chi connectivity index (χ2v) is 8.43. The lowest BCUT2D eigenvalue weighted by molar-refractivity contribution is -0.113. The van der Waals surface area contributed by atoms with Crippen LogP contribution in [0.3, 0.4) is 0 Å². The molecule has 3 aromatic rings. The van der Waals surface area contributed by atoms with Gasteiger partial charge in [0, 0.05) is 17.8 Å². The van der Waals surface area contributed by atoms with Gasteiger partial charge in [-0.3, -0.25) is 4.79 Å². The van der Waals surface area contributed by atoms with Crippen molar-refractivity contribution in [1.29, 1.82) is 0 Å². The zero-order valence-corrected chi connectivity index (χ0v) is 19.3. The van der Waals surface area contributed by atoms with Crippen LogP contribution in [0.25, 0.3) is 0 Å². The summed E-state index contributed by atoms with van der Waals surface area (Å²) in [5.74, 6) is 2.35. The topological polar surface area (TPSA) is 78.3 Å². The van der Waals surface area contributed by atoms with E-state index in [1.165, 1.54) is 17.3 Å². The predicted octanol–water partition coefficient (Wildman–Crippen LogP) is 4.79. The number of anilines is 1. The molecule has 8 heteroatoms. The van der Waals surface area contributed by atoms with E-state index in [0.29, 0.717) is 23.2 Å². The lowest BCUT2D eigenvalue weighted by Crippen LogP contribution is -2.15. The molecule has 3 rings (SSSR count). The SMILES string of the molecule is COc1cccc(NC(=O)CSc2nnc(COc3ccc(C)cc3C)n2C(C)C)c1. The normalized spacial score (nSPS) is 10.9. The van der Waals surface area contributed by atoms with Gasteiger partial charge >= 0.3 is 0 Å². The minimum Gasteiger partial charge on any atom is -0.497 e. The van der Waals surface area contributed by atoms with Gasteiger partial charge < -0.3 is 19.4 Å². The van der Waals surface area contributed by atoms with Crippen molar-refractivity contribution in [2.24, 2.45) is 0 Å². The van der Waals surface area contributed by atoms with E-state index in [2.05, 4.69) is 42.4 Å². The van der Waals surface area contributed by atoms with E-state index in [1.54, 1.807) is 13.2 Å². The Balaban J connectivity index is 1.63. The molecule has 1 amide bonds. The van der Waals surface area contributed by atoms with Crippen molar-refractivity contribution >= 4 is 23.4 Å². The molecule has 0 spiro atoms. The monoisotopic (exact) mass is 440 g/mol. The molecule has 31 heavy (non-hydrogen) atoms. The minimum atomic E-state index is -0.121. The molecule has 0 unspecified atom stereocenters. The van der Waals surface area contributed by atoms with Crippen molar-refractivity contribution in [2.75, 3.05) is 18.2 Å². The van der Waals surface area contributed by atoms with Crippen LogP contribution in [0.2, 0.25) is 0 Å². The van der Waals surface area contributed by atoms with E-state index >= 15 is 0 Å². The third-order valence-electron chi connectivity index (χ3n) is 4.62. The first-order chi connectivity index (χ1) is 14.9. The molecule has 1 heterocycles. The van der Waals surface area contributed by atoms with Crippen molar-refractivity contribution in [2.45, 2.75) is 45.5 Å². The standard InChI is InChI=1S/C23H28N4O3S/c1-15(2)27-21(13-30-20-10-9-16(3)11-17(20)4)25-26-23(27)31-14-22(28)24-18-7-6-8-19(12-18)29-5/h6-12,15H,13-14H2,1-5H3,(H,24,28). The minimum absolute atomic E-state index is 0.121. The van der Waals surface area contributed by atoms with Gasteiger partial charge in [-0.15, -0.1) is 10.2 Å². The van der Waals surface area contributed by atoms with Crippen LogP contribution in [-0.2, 0) is 11.4 Å². The van der Waals surface area contributed by atoms with E-state index < -0.39 is 0 Å². The van der Waals surface area contributed by atoms with E-state index in [9.17, 15) is 4.79 Å². The number of hydrogen-bond donors (Lipinski definition) is 1. The Hall–Kier alpha value is -3.00. The van der Waals surface area contributed by atoms with Crippen molar-refractivity contribution in [3.05, 3.63) is 59.4 Å². The van der Waals surface area contributed by atoms with Gasteiger partial charge in [0.2, 0.25) is 5.91 Å². The molecule has 0 aliphatic carbocycles. The van der Waals surface area contributed by atoms with Gasteiger partial charge in [-0.05, 0) is 51.5 Å². The second-order valence-electron chi connectivity index (χ2n) is 7.49. The number of aromatic nitrogens is 3. The average molecular weight is 441 g/mol. The van der Waals surface area contributed by atoms with Gasteiger partial charge in [-0.25, -0.2) is 0 Å². The van der Waals surface area contributed by atoms with E-state index in [0.717, 1.165) is 17.1 Å². The second kappa shape index (κ2) is 10.3. The number of carbonyl (C=O) groups excluding carboxylic acids is 1. The maximum Gasteiger partial charge on any atom is 0.234 e. The summed E-state index contributed by atoms with van der Waals surface area (Å²) in [4.78, 5) is 12.4. The van der Waals surface area contributed by atoms with Crippen LogP contribution in [0.4, 0.5) is 5.69 Å². The van der Waals surface area contributed by atoms with E-state index in [1.807, 2.05) is 41.8 Å². The Bertz CT molecular complexity index is 1050. The summed E-state index contributed by atoms with van der Waals surface area (Å²) in [6.45, 7) is 8.51. The molecule has 2 aromatic carbocycles. The zero-order valence-electron chi connectivity index (χ0n) is 18.5. The summed E-state index contributed by atoms with van der Waals surface area (Å²) >= 11 is 1.35. The molecule has 0 atom stereocenters. The van der Waals surface area contributed by atoms with Crippen molar-refractivity contribution in [3.63, 3.8) is 0 Å². The lowest BCUT2D eigenvalue weighted by Gasteiger charge is -2.15. The number of benzene rings is 2. The summed E-state index contributed by atoms with van der Waals surface area (Å²) in [6, 6.07) is 13.5. The fourth-order valence-electron chi connectivity index (χ4n) is 3.15. The van der Waals surface area contributed by atoms with Gasteiger partial charge in [-0.2, -0.15) is 0 Å². The predicted molar refractivity (Wildman–Crippen MR) is 123 cm³/mol. The number of hydrogen-bond acceptors (Lipinski definition) is 6. The third-order valence-corrected chi connectivity index (χ3v) is 5.57. The summed E-state index contributed by atoms with van der Waals surface area (Å²) in [6.07, 6.45) is 0. The maximum atomic E-state index is 12.4. The first-order valence-corrected chi connectivity index (χ1v) is 11.1. The van der Waals surface area contributed by atoms with Crippen molar-refractivity contribution in [1.82, 2.24) is 14.8 Å². The molecule has 0 bridgehead atoms. The molecule has 0 saturated heterocycles. The van der Waals surface area contributed by atoms with Crippen molar-refractivity contribution in [3.8, 4) is 11.5 Å². The van der Waals surface area contributed by atoms with Gasteiger partial charge in [0.25, 0.3) is 0 Å². The van der Waals surface area contributed by atoms with Crippen molar-refractivity contribution < 1.29 is 14.3 Å². The first kappa shape index (κ1) is 22.7. The van der Waals surface area contributed by atoms with Gasteiger partial charge in [-0.1, -0.05) is 35.5 Å². The van der Waals surface area contributed by atoms with Crippen LogP contribution in [0, 0.1) is 13.8 Å². The fourth-order valence-corrected chi connectivity index (χ4v) is 4.04. The van der Waals surface area contributed by atoms with Crippen LogP contribution in [-0.4, -0.2) is 33.5 Å². The molecule has 0 aliphatic heterocycles. The van der Waals surface area contributed by atoms with Gasteiger partial charge in [0.1, 0.15) is 18.1 Å². The molecule has 1 aromatic heterocycles. The van der Waals surface area contributed by atoms with Crippen LogP contribution in [0.15, 0.2) is 47.6 Å². The van der Waals surface area contributed by atoms with Crippen LogP contribution >= 0.6 is 11.8 Å². The van der Waals surface area contributed by atoms with Crippen LogP contribution in [0.1, 0.15) is 36.8 Å². The molecule has 0 radical (unpaired) electrons. The molecule has 0 fully saturated rings. The summed E-state index contributed by atoms with van der Waals surface area (Å²) in [7, 11) is 1.59. The number of aryl methyl sites for hydroxylation is 2. The smallest absolute Gasteiger partial charge is 0.234 e. The Labute approximate surface area is 187 Å². The zero-order chi connectivity index (χ0) is 22.4. The van der Waals surface area contributed by atoms with E-state index in [-0.39, 0.29) is 17.7 Å². The number of ether oxygens (including phenoxy) is 2. The van der Waals surface area contributed by atoms with E-state index in [4.69, 9.17) is 9.47 Å². The molecule has 0 saturated carbocycles. The highest BCUT2D eigenvalue weighted by Crippen LogP contribution is 2.25. The summed E-state index contributed by atoms with van der Waals surface area (Å²) in [5.41, 5.74) is 2.97. The maximum absolute atomic E-state index is 12.4. The fraction of sp³-hybridized carbons (Fsp3) is 0.348.